The lowest BCUT2D eigenvalue weighted by molar-refractivity contribution is -0.122. The first-order valence-corrected chi connectivity index (χ1v) is 8.34. The Morgan fingerprint density at radius 3 is 2.76 bits per heavy atom. The fourth-order valence-electron chi connectivity index (χ4n) is 2.86. The average molecular weight is 339 g/mol. The molecule has 0 unspecified atom stereocenters. The molecule has 1 N–H and O–H groups in total. The predicted octanol–water partition coefficient (Wildman–Crippen LogP) is 2.78. The van der Waals surface area contributed by atoms with Crippen molar-refractivity contribution in [1.29, 1.82) is 0 Å². The molecule has 1 atom stereocenters. The van der Waals surface area contributed by atoms with E-state index < -0.39 is 0 Å². The number of carbonyl (C=O) groups is 2. The van der Waals surface area contributed by atoms with Gasteiger partial charge < -0.3 is 15.0 Å². The number of anilines is 2. The standard InChI is InChI=1S/C19H21N3O3/c1-3-25-16-8-6-15(7-9-16)22-12-14(11-17(22)23)19(24)21-18-13(2)5-4-10-20-18/h4-10,14H,3,11-12H2,1-2H3,(H,20,21,24)/t14-/m0/s1. The molecule has 25 heavy (non-hydrogen) atoms. The van der Waals surface area contributed by atoms with E-state index in [1.165, 1.54) is 0 Å². The minimum atomic E-state index is -0.388. The summed E-state index contributed by atoms with van der Waals surface area (Å²) in [5.41, 5.74) is 1.67. The number of nitrogens with one attached hydrogen (secondary N) is 1. The molecule has 0 spiro atoms. The highest BCUT2D eigenvalue weighted by atomic mass is 16.5. The molecule has 2 heterocycles. The molecule has 3 rings (SSSR count). The smallest absolute Gasteiger partial charge is 0.230 e. The summed E-state index contributed by atoms with van der Waals surface area (Å²) in [6.45, 7) is 4.76. The van der Waals surface area contributed by atoms with Crippen molar-refractivity contribution in [2.45, 2.75) is 20.3 Å². The quantitative estimate of drug-likeness (QED) is 0.909. The van der Waals surface area contributed by atoms with Crippen molar-refractivity contribution in [2.24, 2.45) is 5.92 Å². The zero-order valence-corrected chi connectivity index (χ0v) is 14.4. The normalized spacial score (nSPS) is 16.8. The molecule has 1 aromatic heterocycles. The van der Waals surface area contributed by atoms with Gasteiger partial charge in [-0.3, -0.25) is 9.59 Å². The van der Waals surface area contributed by atoms with Crippen molar-refractivity contribution in [3.63, 3.8) is 0 Å². The van der Waals surface area contributed by atoms with E-state index in [1.807, 2.05) is 50.2 Å². The van der Waals surface area contributed by atoms with Crippen molar-refractivity contribution in [3.8, 4) is 5.75 Å². The first kappa shape index (κ1) is 17.0. The molecule has 0 aliphatic carbocycles. The molecular weight excluding hydrogens is 318 g/mol. The second-order valence-corrected chi connectivity index (χ2v) is 5.99. The number of amides is 2. The molecule has 2 amide bonds. The molecule has 1 aliphatic rings. The monoisotopic (exact) mass is 339 g/mol. The van der Waals surface area contributed by atoms with Gasteiger partial charge in [-0.2, -0.15) is 0 Å². The van der Waals surface area contributed by atoms with Crippen LogP contribution in [0.25, 0.3) is 0 Å². The largest absolute Gasteiger partial charge is 0.494 e. The molecule has 6 heteroatoms. The Morgan fingerprint density at radius 2 is 2.08 bits per heavy atom. The average Bonchev–Trinajstić information content (AvgIpc) is 3.00. The van der Waals surface area contributed by atoms with Gasteiger partial charge in [0.05, 0.1) is 12.5 Å². The van der Waals surface area contributed by atoms with E-state index in [2.05, 4.69) is 10.3 Å². The van der Waals surface area contributed by atoms with Crippen LogP contribution in [0.5, 0.6) is 5.75 Å². The summed E-state index contributed by atoms with van der Waals surface area (Å²) in [7, 11) is 0. The topological polar surface area (TPSA) is 71.5 Å². The summed E-state index contributed by atoms with van der Waals surface area (Å²) in [4.78, 5) is 30.6. The molecule has 0 saturated carbocycles. The Bertz CT molecular complexity index is 774. The minimum absolute atomic E-state index is 0.0537. The van der Waals surface area contributed by atoms with Gasteiger partial charge in [0, 0.05) is 24.8 Å². The summed E-state index contributed by atoms with van der Waals surface area (Å²) in [6.07, 6.45) is 1.83. The van der Waals surface area contributed by atoms with Gasteiger partial charge in [0.2, 0.25) is 11.8 Å². The van der Waals surface area contributed by atoms with Crippen LogP contribution in [0.4, 0.5) is 11.5 Å². The van der Waals surface area contributed by atoms with Crippen LogP contribution < -0.4 is 15.0 Å². The number of rotatable bonds is 5. The van der Waals surface area contributed by atoms with Gasteiger partial charge in [0.15, 0.2) is 0 Å². The van der Waals surface area contributed by atoms with Gasteiger partial charge in [-0.25, -0.2) is 4.98 Å². The van der Waals surface area contributed by atoms with E-state index in [-0.39, 0.29) is 24.2 Å². The number of nitrogens with zero attached hydrogens (tertiary/aromatic N) is 2. The Labute approximate surface area is 146 Å². The van der Waals surface area contributed by atoms with Gasteiger partial charge >= 0.3 is 0 Å². The number of hydrogen-bond donors (Lipinski definition) is 1. The lowest BCUT2D eigenvalue weighted by Gasteiger charge is -2.17. The summed E-state index contributed by atoms with van der Waals surface area (Å²) >= 11 is 0. The first-order chi connectivity index (χ1) is 12.1. The van der Waals surface area contributed by atoms with E-state index in [4.69, 9.17) is 4.74 Å². The molecular formula is C19H21N3O3. The fourth-order valence-corrected chi connectivity index (χ4v) is 2.86. The Balaban J connectivity index is 1.67. The number of carbonyl (C=O) groups excluding carboxylic acids is 2. The van der Waals surface area contributed by atoms with Gasteiger partial charge in [-0.05, 0) is 49.7 Å². The molecule has 2 aromatic rings. The highest BCUT2D eigenvalue weighted by Gasteiger charge is 2.35. The second-order valence-electron chi connectivity index (χ2n) is 5.99. The van der Waals surface area contributed by atoms with Crippen LogP contribution in [0.15, 0.2) is 42.6 Å². The Hall–Kier alpha value is -2.89. The van der Waals surface area contributed by atoms with Crippen molar-refractivity contribution in [2.75, 3.05) is 23.4 Å². The van der Waals surface area contributed by atoms with Crippen LogP contribution in [0.2, 0.25) is 0 Å². The maximum Gasteiger partial charge on any atom is 0.230 e. The van der Waals surface area contributed by atoms with Gasteiger partial charge in [0.25, 0.3) is 0 Å². The van der Waals surface area contributed by atoms with Crippen molar-refractivity contribution >= 4 is 23.3 Å². The summed E-state index contributed by atoms with van der Waals surface area (Å²) < 4.78 is 5.41. The SMILES string of the molecule is CCOc1ccc(N2C[C@@H](C(=O)Nc3ncccc3C)CC2=O)cc1. The molecule has 1 fully saturated rings. The van der Waals surface area contributed by atoms with Crippen molar-refractivity contribution < 1.29 is 14.3 Å². The maximum atomic E-state index is 12.5. The number of benzene rings is 1. The lowest BCUT2D eigenvalue weighted by Crippen LogP contribution is -2.28. The van der Waals surface area contributed by atoms with Crippen LogP contribution >= 0.6 is 0 Å². The molecule has 130 valence electrons. The van der Waals surface area contributed by atoms with E-state index in [1.54, 1.807) is 11.1 Å². The summed E-state index contributed by atoms with van der Waals surface area (Å²) in [6, 6.07) is 11.0. The lowest BCUT2D eigenvalue weighted by atomic mass is 10.1. The van der Waals surface area contributed by atoms with E-state index in [0.717, 1.165) is 17.0 Å². The Morgan fingerprint density at radius 1 is 1.32 bits per heavy atom. The van der Waals surface area contributed by atoms with Crippen LogP contribution in [-0.2, 0) is 9.59 Å². The molecule has 0 bridgehead atoms. The van der Waals surface area contributed by atoms with Crippen molar-refractivity contribution in [3.05, 3.63) is 48.2 Å². The van der Waals surface area contributed by atoms with E-state index in [9.17, 15) is 9.59 Å². The third-order valence-electron chi connectivity index (χ3n) is 4.21. The second kappa shape index (κ2) is 7.34. The van der Waals surface area contributed by atoms with E-state index >= 15 is 0 Å². The zero-order valence-electron chi connectivity index (χ0n) is 14.4. The van der Waals surface area contributed by atoms with Crippen LogP contribution in [0, 0.1) is 12.8 Å². The number of aromatic nitrogens is 1. The van der Waals surface area contributed by atoms with Gasteiger partial charge in [-0.1, -0.05) is 6.07 Å². The molecule has 0 radical (unpaired) electrons. The maximum absolute atomic E-state index is 12.5. The van der Waals surface area contributed by atoms with Gasteiger partial charge in [0.1, 0.15) is 11.6 Å². The highest BCUT2D eigenvalue weighted by Crippen LogP contribution is 2.27. The molecule has 6 nitrogen and oxygen atoms in total. The Kier molecular flexibility index (Phi) is 4.97. The van der Waals surface area contributed by atoms with Gasteiger partial charge in [-0.15, -0.1) is 0 Å². The number of aryl methyl sites for hydroxylation is 1. The number of pyridine rings is 1. The van der Waals surface area contributed by atoms with Crippen molar-refractivity contribution in [1.82, 2.24) is 4.98 Å². The number of hydrogen-bond acceptors (Lipinski definition) is 4. The zero-order chi connectivity index (χ0) is 17.8. The summed E-state index contributed by atoms with van der Waals surface area (Å²) in [5, 5.41) is 2.82. The van der Waals surface area contributed by atoms with E-state index in [0.29, 0.717) is 19.0 Å². The molecule has 1 aromatic carbocycles. The third-order valence-corrected chi connectivity index (χ3v) is 4.21. The van der Waals surface area contributed by atoms with Crippen LogP contribution in [-0.4, -0.2) is 29.9 Å². The number of ether oxygens (including phenoxy) is 1. The molecule has 1 saturated heterocycles. The summed E-state index contributed by atoms with van der Waals surface area (Å²) in [5.74, 6) is 0.684. The van der Waals surface area contributed by atoms with Crippen LogP contribution in [0.1, 0.15) is 18.9 Å². The third kappa shape index (κ3) is 3.79. The fraction of sp³-hybridized carbons (Fsp3) is 0.316. The highest BCUT2D eigenvalue weighted by molar-refractivity contribution is 6.03. The molecule has 1 aliphatic heterocycles. The van der Waals surface area contributed by atoms with Crippen LogP contribution in [0.3, 0.4) is 0 Å². The first-order valence-electron chi connectivity index (χ1n) is 8.34. The predicted molar refractivity (Wildman–Crippen MR) is 95.7 cm³/mol. The minimum Gasteiger partial charge on any atom is -0.494 e.